The zero-order chi connectivity index (χ0) is 8.48. The van der Waals surface area contributed by atoms with Gasteiger partial charge in [0.25, 0.3) is 0 Å². The van der Waals surface area contributed by atoms with Gasteiger partial charge in [0.2, 0.25) is 0 Å². The van der Waals surface area contributed by atoms with Crippen molar-refractivity contribution in [3.63, 3.8) is 0 Å². The van der Waals surface area contributed by atoms with Crippen molar-refractivity contribution in [3.05, 3.63) is 0 Å². The Kier molecular flexibility index (Phi) is 2.45. The molecular formula is C8H13F3. The fourth-order valence-electron chi connectivity index (χ4n) is 1.73. The molecular weight excluding hydrogens is 153 g/mol. The minimum Gasteiger partial charge on any atom is -0.171 e. The molecule has 1 unspecified atom stereocenters. The van der Waals surface area contributed by atoms with Crippen LogP contribution in [0, 0.1) is 11.8 Å². The summed E-state index contributed by atoms with van der Waals surface area (Å²) in [5, 5.41) is 0. The summed E-state index contributed by atoms with van der Waals surface area (Å²) in [6.45, 7) is 1.90. The molecule has 0 spiro atoms. The van der Waals surface area contributed by atoms with E-state index in [4.69, 9.17) is 0 Å². The van der Waals surface area contributed by atoms with E-state index in [2.05, 4.69) is 0 Å². The van der Waals surface area contributed by atoms with Crippen molar-refractivity contribution < 1.29 is 13.2 Å². The van der Waals surface area contributed by atoms with E-state index in [1.807, 2.05) is 6.92 Å². The van der Waals surface area contributed by atoms with Crippen LogP contribution in [-0.2, 0) is 0 Å². The summed E-state index contributed by atoms with van der Waals surface area (Å²) in [5.74, 6) is -0.762. The average molecular weight is 166 g/mol. The third kappa shape index (κ3) is 2.38. The van der Waals surface area contributed by atoms with E-state index in [1.54, 1.807) is 0 Å². The number of hydrogen-bond acceptors (Lipinski definition) is 0. The molecule has 1 saturated carbocycles. The van der Waals surface area contributed by atoms with Crippen molar-refractivity contribution in [1.29, 1.82) is 0 Å². The first-order valence-electron chi connectivity index (χ1n) is 4.07. The SMILES string of the molecule is C[C@@H]1CCCC(C(F)(F)F)C1. The number of rotatable bonds is 0. The highest BCUT2D eigenvalue weighted by atomic mass is 19.4. The molecule has 0 aromatic heterocycles. The van der Waals surface area contributed by atoms with Crippen LogP contribution in [0.4, 0.5) is 13.2 Å². The average Bonchev–Trinajstić information content (AvgIpc) is 1.86. The predicted octanol–water partition coefficient (Wildman–Crippen LogP) is 3.38. The van der Waals surface area contributed by atoms with Crippen LogP contribution in [0.15, 0.2) is 0 Å². The van der Waals surface area contributed by atoms with E-state index in [9.17, 15) is 13.2 Å². The Morgan fingerprint density at radius 1 is 1.18 bits per heavy atom. The highest BCUT2D eigenvalue weighted by molar-refractivity contribution is 4.75. The molecule has 1 aliphatic rings. The highest BCUT2D eigenvalue weighted by Crippen LogP contribution is 2.39. The monoisotopic (exact) mass is 166 g/mol. The lowest BCUT2D eigenvalue weighted by atomic mass is 9.82. The van der Waals surface area contributed by atoms with Crippen molar-refractivity contribution in [2.75, 3.05) is 0 Å². The molecule has 0 nitrogen and oxygen atoms in total. The van der Waals surface area contributed by atoms with Gasteiger partial charge in [0, 0.05) is 0 Å². The van der Waals surface area contributed by atoms with Crippen molar-refractivity contribution in [2.45, 2.75) is 38.8 Å². The fraction of sp³-hybridized carbons (Fsp3) is 1.00. The molecule has 0 amide bonds. The molecule has 0 aliphatic heterocycles. The minimum atomic E-state index is -3.95. The largest absolute Gasteiger partial charge is 0.391 e. The van der Waals surface area contributed by atoms with Gasteiger partial charge in [0.15, 0.2) is 0 Å². The molecule has 0 radical (unpaired) electrons. The van der Waals surface area contributed by atoms with E-state index >= 15 is 0 Å². The van der Waals surface area contributed by atoms with Gasteiger partial charge in [-0.2, -0.15) is 13.2 Å². The molecule has 0 aromatic rings. The lowest BCUT2D eigenvalue weighted by Crippen LogP contribution is -2.27. The van der Waals surface area contributed by atoms with Crippen LogP contribution >= 0.6 is 0 Å². The smallest absolute Gasteiger partial charge is 0.171 e. The van der Waals surface area contributed by atoms with Crippen molar-refractivity contribution in [2.24, 2.45) is 11.8 Å². The molecule has 3 heteroatoms. The minimum absolute atomic E-state index is 0.260. The van der Waals surface area contributed by atoms with Crippen LogP contribution in [0.5, 0.6) is 0 Å². The molecule has 0 saturated heterocycles. The van der Waals surface area contributed by atoms with Gasteiger partial charge >= 0.3 is 6.18 Å². The second-order valence-electron chi connectivity index (χ2n) is 3.51. The summed E-state index contributed by atoms with van der Waals surface area (Å²) in [7, 11) is 0. The molecule has 0 N–H and O–H groups in total. The normalized spacial score (nSPS) is 33.8. The number of hydrogen-bond donors (Lipinski definition) is 0. The molecule has 0 aromatic carbocycles. The maximum absolute atomic E-state index is 12.1. The lowest BCUT2D eigenvalue weighted by Gasteiger charge is -2.28. The van der Waals surface area contributed by atoms with Crippen LogP contribution in [0.3, 0.4) is 0 Å². The standard InChI is InChI=1S/C8H13F3/c1-6-3-2-4-7(5-6)8(9,10)11/h6-7H,2-5H2,1H3/t6-,7?/m1/s1. The molecule has 1 aliphatic carbocycles. The van der Waals surface area contributed by atoms with Crippen LogP contribution in [0.2, 0.25) is 0 Å². The van der Waals surface area contributed by atoms with Gasteiger partial charge < -0.3 is 0 Å². The van der Waals surface area contributed by atoms with Crippen LogP contribution in [0.25, 0.3) is 0 Å². The zero-order valence-electron chi connectivity index (χ0n) is 6.62. The first-order chi connectivity index (χ1) is 5.00. The van der Waals surface area contributed by atoms with E-state index < -0.39 is 12.1 Å². The van der Waals surface area contributed by atoms with E-state index in [0.29, 0.717) is 12.8 Å². The van der Waals surface area contributed by atoms with Crippen LogP contribution in [0.1, 0.15) is 32.6 Å². The first kappa shape index (κ1) is 8.88. The summed E-state index contributed by atoms with van der Waals surface area (Å²) < 4.78 is 36.3. The molecule has 1 fully saturated rings. The van der Waals surface area contributed by atoms with Gasteiger partial charge in [-0.25, -0.2) is 0 Å². The van der Waals surface area contributed by atoms with E-state index in [-0.39, 0.29) is 5.92 Å². The van der Waals surface area contributed by atoms with Gasteiger partial charge in [0.05, 0.1) is 5.92 Å². The fourth-order valence-corrected chi connectivity index (χ4v) is 1.73. The van der Waals surface area contributed by atoms with Crippen LogP contribution < -0.4 is 0 Å². The summed E-state index contributed by atoms with van der Waals surface area (Å²) >= 11 is 0. The van der Waals surface area contributed by atoms with E-state index in [1.165, 1.54) is 0 Å². The van der Waals surface area contributed by atoms with Crippen molar-refractivity contribution in [3.8, 4) is 0 Å². The topological polar surface area (TPSA) is 0 Å². The third-order valence-electron chi connectivity index (χ3n) is 2.40. The Bertz CT molecular complexity index is 128. The number of alkyl halides is 3. The zero-order valence-corrected chi connectivity index (χ0v) is 6.62. The molecule has 0 bridgehead atoms. The molecule has 2 atom stereocenters. The maximum atomic E-state index is 12.1. The first-order valence-corrected chi connectivity index (χ1v) is 4.07. The quantitative estimate of drug-likeness (QED) is 0.517. The van der Waals surface area contributed by atoms with Gasteiger partial charge in [-0.05, 0) is 18.8 Å². The van der Waals surface area contributed by atoms with Crippen molar-refractivity contribution >= 4 is 0 Å². The van der Waals surface area contributed by atoms with Gasteiger partial charge in [-0.15, -0.1) is 0 Å². The number of halogens is 3. The molecule has 0 heterocycles. The maximum Gasteiger partial charge on any atom is 0.391 e. The van der Waals surface area contributed by atoms with Crippen molar-refractivity contribution in [1.82, 2.24) is 0 Å². The second kappa shape index (κ2) is 3.03. The Balaban J connectivity index is 2.46. The summed E-state index contributed by atoms with van der Waals surface area (Å²) in [6, 6.07) is 0. The predicted molar refractivity (Wildman–Crippen MR) is 37.2 cm³/mol. The summed E-state index contributed by atoms with van der Waals surface area (Å²) in [4.78, 5) is 0. The summed E-state index contributed by atoms with van der Waals surface area (Å²) in [5.41, 5.74) is 0. The van der Waals surface area contributed by atoms with Gasteiger partial charge in [0.1, 0.15) is 0 Å². The second-order valence-corrected chi connectivity index (χ2v) is 3.51. The molecule has 1 rings (SSSR count). The van der Waals surface area contributed by atoms with Crippen LogP contribution in [-0.4, -0.2) is 6.18 Å². The van der Waals surface area contributed by atoms with Gasteiger partial charge in [-0.3, -0.25) is 0 Å². The van der Waals surface area contributed by atoms with Gasteiger partial charge in [-0.1, -0.05) is 19.8 Å². The third-order valence-corrected chi connectivity index (χ3v) is 2.40. The highest BCUT2D eigenvalue weighted by Gasteiger charge is 2.41. The Hall–Kier alpha value is -0.210. The Labute approximate surface area is 64.8 Å². The lowest BCUT2D eigenvalue weighted by molar-refractivity contribution is -0.185. The molecule has 11 heavy (non-hydrogen) atoms. The summed E-state index contributed by atoms with van der Waals surface area (Å²) in [6.07, 6.45) is -1.57. The molecule has 66 valence electrons. The Morgan fingerprint density at radius 2 is 1.82 bits per heavy atom. The Morgan fingerprint density at radius 3 is 2.18 bits per heavy atom. The van der Waals surface area contributed by atoms with E-state index in [0.717, 1.165) is 12.8 Å².